The van der Waals surface area contributed by atoms with Crippen molar-refractivity contribution in [2.24, 2.45) is 5.10 Å². The fourth-order valence-electron chi connectivity index (χ4n) is 1.19. The third-order valence-electron chi connectivity index (χ3n) is 2.23. The van der Waals surface area contributed by atoms with Gasteiger partial charge in [0, 0.05) is 17.5 Å². The zero-order chi connectivity index (χ0) is 12.4. The lowest BCUT2D eigenvalue weighted by atomic mass is 10.3. The van der Waals surface area contributed by atoms with Crippen molar-refractivity contribution in [3.63, 3.8) is 0 Å². The molecular formula is C10H13N5OS. The van der Waals surface area contributed by atoms with Crippen molar-refractivity contribution in [2.75, 3.05) is 5.43 Å². The van der Waals surface area contributed by atoms with Gasteiger partial charge < -0.3 is 0 Å². The van der Waals surface area contributed by atoms with Gasteiger partial charge in [-0.2, -0.15) is 9.62 Å². The summed E-state index contributed by atoms with van der Waals surface area (Å²) >= 11 is 1.30. The average Bonchev–Trinajstić information content (AvgIpc) is 2.69. The Bertz CT molecular complexity index is 627. The minimum absolute atomic E-state index is 0.173. The molecule has 0 saturated carbocycles. The molecule has 2 rings (SSSR count). The summed E-state index contributed by atoms with van der Waals surface area (Å²) < 4.78 is 1.27. The van der Waals surface area contributed by atoms with Crippen LogP contribution in [0.25, 0.3) is 4.96 Å². The second-order valence-corrected chi connectivity index (χ2v) is 4.61. The second kappa shape index (κ2) is 4.62. The molecule has 0 aliphatic carbocycles. The molecule has 0 fully saturated rings. The van der Waals surface area contributed by atoms with Crippen LogP contribution in [0.5, 0.6) is 0 Å². The highest BCUT2D eigenvalue weighted by atomic mass is 32.1. The molecule has 2 heterocycles. The van der Waals surface area contributed by atoms with Crippen LogP contribution >= 0.6 is 11.3 Å². The van der Waals surface area contributed by atoms with Crippen molar-refractivity contribution < 1.29 is 0 Å². The number of fused-ring (bicyclic) bond motifs is 1. The first-order valence-corrected chi connectivity index (χ1v) is 6.08. The number of nitrogens with zero attached hydrogens (tertiary/aromatic N) is 4. The Labute approximate surface area is 102 Å². The van der Waals surface area contributed by atoms with E-state index in [2.05, 4.69) is 20.6 Å². The Morgan fingerprint density at radius 2 is 2.41 bits per heavy atom. The molecule has 90 valence electrons. The number of hydrogen-bond acceptors (Lipinski definition) is 6. The Hall–Kier alpha value is -1.76. The first kappa shape index (κ1) is 11.7. The molecule has 2 aromatic rings. The van der Waals surface area contributed by atoms with E-state index in [-0.39, 0.29) is 5.56 Å². The SMILES string of the molecule is CC/C(C)=N\Nc1nn2c(=O)cc(C)nc2s1. The molecule has 0 aliphatic rings. The molecule has 6 nitrogen and oxygen atoms in total. The summed E-state index contributed by atoms with van der Waals surface area (Å²) in [6.45, 7) is 5.73. The first-order chi connectivity index (χ1) is 8.10. The van der Waals surface area contributed by atoms with E-state index in [0.29, 0.717) is 15.8 Å². The van der Waals surface area contributed by atoms with Crippen LogP contribution in [0.1, 0.15) is 26.0 Å². The molecule has 2 aromatic heterocycles. The number of nitrogens with one attached hydrogen (secondary N) is 1. The second-order valence-electron chi connectivity index (χ2n) is 3.65. The molecule has 0 saturated heterocycles. The van der Waals surface area contributed by atoms with Gasteiger partial charge in [0.15, 0.2) is 0 Å². The highest BCUT2D eigenvalue weighted by Crippen LogP contribution is 2.16. The van der Waals surface area contributed by atoms with Gasteiger partial charge in [0.1, 0.15) is 0 Å². The van der Waals surface area contributed by atoms with Crippen LogP contribution in [-0.2, 0) is 0 Å². The number of hydrogen-bond donors (Lipinski definition) is 1. The predicted octanol–water partition coefficient (Wildman–Crippen LogP) is 1.66. The number of anilines is 1. The maximum atomic E-state index is 11.6. The fraction of sp³-hybridized carbons (Fsp3) is 0.400. The van der Waals surface area contributed by atoms with Gasteiger partial charge in [-0.15, -0.1) is 5.10 Å². The minimum Gasteiger partial charge on any atom is -0.267 e. The molecule has 0 amide bonds. The fourth-order valence-corrected chi connectivity index (χ4v) is 1.98. The number of aromatic nitrogens is 3. The number of aryl methyl sites for hydroxylation is 1. The lowest BCUT2D eigenvalue weighted by Gasteiger charge is -1.94. The van der Waals surface area contributed by atoms with E-state index in [0.717, 1.165) is 12.1 Å². The van der Waals surface area contributed by atoms with Gasteiger partial charge in [0.25, 0.3) is 5.56 Å². The molecule has 7 heteroatoms. The first-order valence-electron chi connectivity index (χ1n) is 5.27. The Morgan fingerprint density at radius 1 is 1.65 bits per heavy atom. The molecule has 0 aromatic carbocycles. The van der Waals surface area contributed by atoms with E-state index in [4.69, 9.17) is 0 Å². The van der Waals surface area contributed by atoms with Crippen molar-refractivity contribution in [1.82, 2.24) is 14.6 Å². The maximum absolute atomic E-state index is 11.6. The van der Waals surface area contributed by atoms with Crippen LogP contribution < -0.4 is 11.0 Å². The van der Waals surface area contributed by atoms with Crippen molar-refractivity contribution in [1.29, 1.82) is 0 Å². The number of rotatable bonds is 3. The summed E-state index contributed by atoms with van der Waals surface area (Å²) in [7, 11) is 0. The van der Waals surface area contributed by atoms with Crippen LogP contribution in [0.2, 0.25) is 0 Å². The molecule has 0 bridgehead atoms. The van der Waals surface area contributed by atoms with E-state index in [1.54, 1.807) is 6.92 Å². The lowest BCUT2D eigenvalue weighted by molar-refractivity contribution is 0.890. The molecule has 0 atom stereocenters. The molecule has 17 heavy (non-hydrogen) atoms. The largest absolute Gasteiger partial charge is 0.275 e. The summed E-state index contributed by atoms with van der Waals surface area (Å²) in [6, 6.07) is 1.46. The summed E-state index contributed by atoms with van der Waals surface area (Å²) in [6.07, 6.45) is 0.870. The van der Waals surface area contributed by atoms with Gasteiger partial charge in [-0.25, -0.2) is 4.98 Å². The highest BCUT2D eigenvalue weighted by molar-refractivity contribution is 7.20. The summed E-state index contributed by atoms with van der Waals surface area (Å²) in [5.74, 6) is 0. The zero-order valence-electron chi connectivity index (χ0n) is 9.89. The van der Waals surface area contributed by atoms with E-state index in [1.807, 2.05) is 13.8 Å². The smallest absolute Gasteiger partial charge is 0.267 e. The predicted molar refractivity (Wildman–Crippen MR) is 68.9 cm³/mol. The highest BCUT2D eigenvalue weighted by Gasteiger charge is 2.06. The van der Waals surface area contributed by atoms with E-state index < -0.39 is 0 Å². The van der Waals surface area contributed by atoms with Crippen molar-refractivity contribution in [3.05, 3.63) is 22.1 Å². The average molecular weight is 251 g/mol. The van der Waals surface area contributed by atoms with Crippen LogP contribution in [-0.4, -0.2) is 20.3 Å². The van der Waals surface area contributed by atoms with Gasteiger partial charge in [-0.05, 0) is 20.3 Å². The van der Waals surface area contributed by atoms with Gasteiger partial charge in [0.2, 0.25) is 10.1 Å². The van der Waals surface area contributed by atoms with Gasteiger partial charge >= 0.3 is 0 Å². The van der Waals surface area contributed by atoms with E-state index >= 15 is 0 Å². The summed E-state index contributed by atoms with van der Waals surface area (Å²) in [5.41, 5.74) is 4.32. The topological polar surface area (TPSA) is 71.7 Å². The van der Waals surface area contributed by atoms with Crippen LogP contribution in [0.4, 0.5) is 5.13 Å². The van der Waals surface area contributed by atoms with Crippen LogP contribution in [0, 0.1) is 6.92 Å². The normalized spacial score (nSPS) is 12.1. The van der Waals surface area contributed by atoms with E-state index in [1.165, 1.54) is 21.9 Å². The third-order valence-corrected chi connectivity index (χ3v) is 3.04. The van der Waals surface area contributed by atoms with Crippen molar-refractivity contribution >= 4 is 27.1 Å². The van der Waals surface area contributed by atoms with Gasteiger partial charge in [-0.1, -0.05) is 18.3 Å². The molecule has 0 radical (unpaired) electrons. The molecule has 0 spiro atoms. The molecule has 1 N–H and O–H groups in total. The Morgan fingerprint density at radius 3 is 3.12 bits per heavy atom. The standard InChI is InChI=1S/C10H13N5OS/c1-4-6(2)12-13-9-14-15-8(16)5-7(3)11-10(15)17-9/h5H,4H2,1-3H3,(H,13,14)/b12-6-. The summed E-state index contributed by atoms with van der Waals surface area (Å²) in [4.78, 5) is 16.4. The van der Waals surface area contributed by atoms with Crippen LogP contribution in [0.3, 0.4) is 0 Å². The lowest BCUT2D eigenvalue weighted by Crippen LogP contribution is -2.14. The maximum Gasteiger partial charge on any atom is 0.275 e. The third kappa shape index (κ3) is 2.50. The molecule has 0 aliphatic heterocycles. The van der Waals surface area contributed by atoms with Crippen molar-refractivity contribution in [2.45, 2.75) is 27.2 Å². The monoisotopic (exact) mass is 251 g/mol. The van der Waals surface area contributed by atoms with Crippen LogP contribution in [0.15, 0.2) is 16.0 Å². The van der Waals surface area contributed by atoms with Gasteiger partial charge in [0.05, 0.1) is 0 Å². The quantitative estimate of drug-likeness (QED) is 0.665. The summed E-state index contributed by atoms with van der Waals surface area (Å²) in [5, 5.41) is 8.80. The van der Waals surface area contributed by atoms with Gasteiger partial charge in [-0.3, -0.25) is 10.2 Å². The Balaban J connectivity index is 2.39. The minimum atomic E-state index is -0.173. The molecule has 0 unspecified atom stereocenters. The molecular weight excluding hydrogens is 238 g/mol. The van der Waals surface area contributed by atoms with Crippen molar-refractivity contribution in [3.8, 4) is 0 Å². The number of hydrazone groups is 1. The zero-order valence-corrected chi connectivity index (χ0v) is 10.7. The van der Waals surface area contributed by atoms with E-state index in [9.17, 15) is 4.79 Å². The Kier molecular flexibility index (Phi) is 3.19.